The number of guanidine groups is 1. The number of likely N-dealkylation sites (tertiary alicyclic amines) is 1. The van der Waals surface area contributed by atoms with E-state index in [0.29, 0.717) is 10.0 Å². The minimum Gasteiger partial charge on any atom is -0.469 e. The Labute approximate surface area is 165 Å². The Morgan fingerprint density at radius 2 is 2.08 bits per heavy atom. The van der Waals surface area contributed by atoms with Gasteiger partial charge >= 0.3 is 5.97 Å². The van der Waals surface area contributed by atoms with Gasteiger partial charge in [0.25, 0.3) is 0 Å². The number of carbonyl (C=O) groups excluding carboxylic acids is 1. The molecule has 5 nitrogen and oxygen atoms in total. The van der Waals surface area contributed by atoms with Crippen molar-refractivity contribution in [3.05, 3.63) is 33.8 Å². The van der Waals surface area contributed by atoms with Crippen molar-refractivity contribution in [1.29, 1.82) is 0 Å². The number of aliphatic imine (C=N–C) groups is 1. The standard InChI is InChI=1S/C19H27Cl2N3O2/c1-3-22-19(24-11-8-15(9-12-24)18(25)26-2)23-10-4-5-14-6-7-16(20)13-17(14)21/h6-7,13,15H,3-5,8-12H2,1-2H3,(H,22,23). The van der Waals surface area contributed by atoms with Gasteiger partial charge in [0.1, 0.15) is 0 Å². The predicted molar refractivity (Wildman–Crippen MR) is 107 cm³/mol. The molecule has 0 aromatic heterocycles. The molecule has 0 saturated carbocycles. The number of ether oxygens (including phenoxy) is 1. The van der Waals surface area contributed by atoms with E-state index >= 15 is 0 Å². The molecular formula is C19H27Cl2N3O2. The lowest BCUT2D eigenvalue weighted by atomic mass is 9.97. The van der Waals surface area contributed by atoms with Crippen molar-refractivity contribution in [1.82, 2.24) is 10.2 Å². The van der Waals surface area contributed by atoms with Gasteiger partial charge in [-0.05, 0) is 50.3 Å². The Morgan fingerprint density at radius 3 is 2.69 bits per heavy atom. The van der Waals surface area contributed by atoms with Crippen LogP contribution >= 0.6 is 23.2 Å². The lowest BCUT2D eigenvalue weighted by Crippen LogP contribution is -2.46. The van der Waals surface area contributed by atoms with Gasteiger partial charge in [-0.3, -0.25) is 9.79 Å². The molecule has 144 valence electrons. The number of nitrogens with zero attached hydrogens (tertiary/aromatic N) is 2. The van der Waals surface area contributed by atoms with E-state index in [-0.39, 0.29) is 11.9 Å². The fraction of sp³-hybridized carbons (Fsp3) is 0.579. The summed E-state index contributed by atoms with van der Waals surface area (Å²) in [6.45, 7) is 5.23. The zero-order chi connectivity index (χ0) is 18.9. The maximum Gasteiger partial charge on any atom is 0.308 e. The highest BCUT2D eigenvalue weighted by atomic mass is 35.5. The van der Waals surface area contributed by atoms with Crippen LogP contribution in [0.2, 0.25) is 10.0 Å². The molecule has 1 N–H and O–H groups in total. The molecule has 1 heterocycles. The highest BCUT2D eigenvalue weighted by molar-refractivity contribution is 6.35. The lowest BCUT2D eigenvalue weighted by Gasteiger charge is -2.33. The third-order valence-electron chi connectivity index (χ3n) is 4.54. The molecule has 2 rings (SSSR count). The van der Waals surface area contributed by atoms with E-state index in [0.717, 1.165) is 63.4 Å². The first-order chi connectivity index (χ1) is 12.5. The fourth-order valence-corrected chi connectivity index (χ4v) is 3.60. The number of rotatable bonds is 6. The number of benzene rings is 1. The summed E-state index contributed by atoms with van der Waals surface area (Å²) < 4.78 is 4.85. The van der Waals surface area contributed by atoms with Crippen molar-refractivity contribution >= 4 is 35.1 Å². The number of hydrogen-bond acceptors (Lipinski definition) is 3. The Hall–Kier alpha value is -1.46. The maximum absolute atomic E-state index is 11.7. The first-order valence-electron chi connectivity index (χ1n) is 9.10. The summed E-state index contributed by atoms with van der Waals surface area (Å²) in [7, 11) is 1.45. The molecule has 7 heteroatoms. The number of piperidine rings is 1. The molecule has 0 bridgehead atoms. The van der Waals surface area contributed by atoms with Gasteiger partial charge in [0.15, 0.2) is 5.96 Å². The number of aryl methyl sites for hydroxylation is 1. The number of nitrogens with one attached hydrogen (secondary N) is 1. The maximum atomic E-state index is 11.7. The molecule has 0 aliphatic carbocycles. The highest BCUT2D eigenvalue weighted by Crippen LogP contribution is 2.22. The molecule has 26 heavy (non-hydrogen) atoms. The molecule has 0 spiro atoms. The molecule has 1 saturated heterocycles. The van der Waals surface area contributed by atoms with Crippen molar-refractivity contribution in [3.8, 4) is 0 Å². The van der Waals surface area contributed by atoms with Crippen molar-refractivity contribution in [3.63, 3.8) is 0 Å². The Kier molecular flexibility index (Phi) is 8.52. The predicted octanol–water partition coefficient (Wildman–Crippen LogP) is 3.78. The van der Waals surface area contributed by atoms with Crippen LogP contribution < -0.4 is 5.32 Å². The van der Waals surface area contributed by atoms with E-state index in [9.17, 15) is 4.79 Å². The lowest BCUT2D eigenvalue weighted by molar-refractivity contribution is -0.146. The third kappa shape index (κ3) is 6.06. The summed E-state index contributed by atoms with van der Waals surface area (Å²) in [5, 5.41) is 4.71. The molecule has 1 aliphatic rings. The highest BCUT2D eigenvalue weighted by Gasteiger charge is 2.26. The van der Waals surface area contributed by atoms with E-state index in [4.69, 9.17) is 32.9 Å². The molecule has 1 aromatic rings. The quantitative estimate of drug-likeness (QED) is 0.342. The number of carbonyl (C=O) groups is 1. The fourth-order valence-electron chi connectivity index (χ4n) is 3.10. The van der Waals surface area contributed by atoms with E-state index < -0.39 is 0 Å². The molecule has 1 fully saturated rings. The van der Waals surface area contributed by atoms with Crippen molar-refractivity contribution in [2.75, 3.05) is 33.3 Å². The van der Waals surface area contributed by atoms with Crippen LogP contribution in [0.5, 0.6) is 0 Å². The van der Waals surface area contributed by atoms with Crippen molar-refractivity contribution in [2.45, 2.75) is 32.6 Å². The Bertz CT molecular complexity index is 629. The smallest absolute Gasteiger partial charge is 0.308 e. The molecule has 0 atom stereocenters. The topological polar surface area (TPSA) is 53.9 Å². The van der Waals surface area contributed by atoms with Crippen LogP contribution in [-0.2, 0) is 16.0 Å². The van der Waals surface area contributed by atoms with Crippen LogP contribution in [0, 0.1) is 5.92 Å². The minimum atomic E-state index is -0.105. The first kappa shape index (κ1) is 20.8. The summed E-state index contributed by atoms with van der Waals surface area (Å²) in [4.78, 5) is 18.6. The second kappa shape index (κ2) is 10.6. The van der Waals surface area contributed by atoms with Gasteiger partial charge in [0.05, 0.1) is 13.0 Å². The van der Waals surface area contributed by atoms with Gasteiger partial charge < -0.3 is 15.0 Å². The van der Waals surface area contributed by atoms with E-state index in [1.165, 1.54) is 7.11 Å². The molecule has 1 aliphatic heterocycles. The molecule has 1 aromatic carbocycles. The van der Waals surface area contributed by atoms with Crippen LogP contribution in [0.4, 0.5) is 0 Å². The number of esters is 1. The van der Waals surface area contributed by atoms with Crippen LogP contribution in [0.25, 0.3) is 0 Å². The van der Waals surface area contributed by atoms with Gasteiger partial charge in [0, 0.05) is 36.2 Å². The summed E-state index contributed by atoms with van der Waals surface area (Å²) in [6.07, 6.45) is 3.38. The molecule has 0 amide bonds. The summed E-state index contributed by atoms with van der Waals surface area (Å²) >= 11 is 12.1. The number of methoxy groups -OCH3 is 1. The van der Waals surface area contributed by atoms with Crippen molar-refractivity contribution in [2.24, 2.45) is 10.9 Å². The molecule has 0 unspecified atom stereocenters. The van der Waals surface area contributed by atoms with Crippen LogP contribution in [0.3, 0.4) is 0 Å². The van der Waals surface area contributed by atoms with Gasteiger partial charge in [-0.15, -0.1) is 0 Å². The van der Waals surface area contributed by atoms with E-state index in [1.807, 2.05) is 12.1 Å². The minimum absolute atomic E-state index is 0.00572. The second-order valence-electron chi connectivity index (χ2n) is 6.36. The zero-order valence-corrected chi connectivity index (χ0v) is 16.9. The van der Waals surface area contributed by atoms with Gasteiger partial charge in [-0.1, -0.05) is 29.3 Å². The van der Waals surface area contributed by atoms with Crippen LogP contribution in [0.1, 0.15) is 31.7 Å². The summed E-state index contributed by atoms with van der Waals surface area (Å²) in [5.74, 6) is 0.815. The third-order valence-corrected chi connectivity index (χ3v) is 5.13. The molecular weight excluding hydrogens is 373 g/mol. The summed E-state index contributed by atoms with van der Waals surface area (Å²) in [5.41, 5.74) is 1.09. The average molecular weight is 400 g/mol. The Balaban J connectivity index is 1.85. The van der Waals surface area contributed by atoms with Crippen LogP contribution in [-0.4, -0.2) is 50.1 Å². The second-order valence-corrected chi connectivity index (χ2v) is 7.20. The molecule has 0 radical (unpaired) electrons. The van der Waals surface area contributed by atoms with Crippen LogP contribution in [0.15, 0.2) is 23.2 Å². The van der Waals surface area contributed by atoms with Gasteiger partial charge in [-0.25, -0.2) is 0 Å². The summed E-state index contributed by atoms with van der Waals surface area (Å²) in [6, 6.07) is 5.61. The number of halogens is 2. The van der Waals surface area contributed by atoms with Crippen molar-refractivity contribution < 1.29 is 9.53 Å². The van der Waals surface area contributed by atoms with Gasteiger partial charge in [-0.2, -0.15) is 0 Å². The number of hydrogen-bond donors (Lipinski definition) is 1. The van der Waals surface area contributed by atoms with Gasteiger partial charge in [0.2, 0.25) is 0 Å². The van der Waals surface area contributed by atoms with E-state index in [2.05, 4.69) is 17.1 Å². The Morgan fingerprint density at radius 1 is 1.35 bits per heavy atom. The van der Waals surface area contributed by atoms with E-state index in [1.54, 1.807) is 6.07 Å². The monoisotopic (exact) mass is 399 g/mol. The average Bonchev–Trinajstić information content (AvgIpc) is 2.65. The SMILES string of the molecule is CCNC(=NCCCc1ccc(Cl)cc1Cl)N1CCC(C(=O)OC)CC1. The first-order valence-corrected chi connectivity index (χ1v) is 9.85. The zero-order valence-electron chi connectivity index (χ0n) is 15.4. The largest absolute Gasteiger partial charge is 0.469 e. The normalized spacial score (nSPS) is 15.8.